The predicted octanol–water partition coefficient (Wildman–Crippen LogP) is 3.97. The lowest BCUT2D eigenvalue weighted by Crippen LogP contribution is -2.14. The van der Waals surface area contributed by atoms with Gasteiger partial charge in [-0.3, -0.25) is 0 Å². The van der Waals surface area contributed by atoms with Crippen molar-refractivity contribution < 1.29 is 8.42 Å². The van der Waals surface area contributed by atoms with E-state index in [2.05, 4.69) is 13.5 Å². The second-order valence-corrected chi connectivity index (χ2v) is 8.29. The normalized spacial score (nSPS) is 25.0. The Morgan fingerprint density at radius 3 is 2.33 bits per heavy atom. The molecular weight excluding hydrogens is 244 g/mol. The van der Waals surface area contributed by atoms with Crippen LogP contribution in [0.15, 0.2) is 12.2 Å². The van der Waals surface area contributed by atoms with E-state index < -0.39 is 9.84 Å². The molecule has 1 saturated carbocycles. The third-order valence-corrected chi connectivity index (χ3v) is 5.85. The van der Waals surface area contributed by atoms with E-state index in [0.717, 1.165) is 30.3 Å². The molecule has 0 bridgehead atoms. The van der Waals surface area contributed by atoms with Crippen LogP contribution in [0.5, 0.6) is 0 Å². The molecule has 0 radical (unpaired) electrons. The topological polar surface area (TPSA) is 34.1 Å². The first-order chi connectivity index (χ1) is 8.43. The average molecular weight is 272 g/mol. The Bertz CT molecular complexity index is 349. The third-order valence-electron chi connectivity index (χ3n) is 3.99. The van der Waals surface area contributed by atoms with Crippen LogP contribution in [0.25, 0.3) is 0 Å². The van der Waals surface area contributed by atoms with E-state index in [1.54, 1.807) is 0 Å². The standard InChI is InChI=1S/C15H28O2S/c1-4-10-18(16,17)11-9-14(3)12-15-7-5-13(2)6-8-15/h13,15H,3-12H2,1-2H3. The summed E-state index contributed by atoms with van der Waals surface area (Å²) in [5, 5.41) is 0. The zero-order valence-corrected chi connectivity index (χ0v) is 12.8. The van der Waals surface area contributed by atoms with Gasteiger partial charge in [-0.2, -0.15) is 0 Å². The quantitative estimate of drug-likeness (QED) is 0.657. The van der Waals surface area contributed by atoms with E-state index in [9.17, 15) is 8.42 Å². The highest BCUT2D eigenvalue weighted by molar-refractivity contribution is 7.91. The zero-order chi connectivity index (χ0) is 13.6. The lowest BCUT2D eigenvalue weighted by atomic mass is 9.80. The Morgan fingerprint density at radius 2 is 1.78 bits per heavy atom. The van der Waals surface area contributed by atoms with Crippen LogP contribution in [0.1, 0.15) is 58.8 Å². The molecule has 1 rings (SSSR count). The monoisotopic (exact) mass is 272 g/mol. The maximum atomic E-state index is 11.6. The van der Waals surface area contributed by atoms with Gasteiger partial charge in [0.15, 0.2) is 9.84 Å². The molecule has 0 heterocycles. The first-order valence-corrected chi connectivity index (χ1v) is 9.12. The second kappa shape index (κ2) is 7.32. The van der Waals surface area contributed by atoms with Gasteiger partial charge in [0, 0.05) is 5.75 Å². The summed E-state index contributed by atoms with van der Waals surface area (Å²) in [5.41, 5.74) is 1.13. The molecule has 0 spiro atoms. The molecule has 2 nitrogen and oxygen atoms in total. The number of rotatable bonds is 7. The maximum absolute atomic E-state index is 11.6. The third kappa shape index (κ3) is 6.03. The number of sulfone groups is 1. The highest BCUT2D eigenvalue weighted by atomic mass is 32.2. The van der Waals surface area contributed by atoms with Gasteiger partial charge in [0.05, 0.1) is 5.75 Å². The van der Waals surface area contributed by atoms with Gasteiger partial charge >= 0.3 is 0 Å². The zero-order valence-electron chi connectivity index (χ0n) is 12.0. The smallest absolute Gasteiger partial charge is 0.150 e. The molecule has 3 heteroatoms. The summed E-state index contributed by atoms with van der Waals surface area (Å²) in [6, 6.07) is 0. The number of allylic oxidation sites excluding steroid dienone is 1. The SMILES string of the molecule is C=C(CCS(=O)(=O)CCC)CC1CCC(C)CC1. The molecule has 18 heavy (non-hydrogen) atoms. The molecule has 106 valence electrons. The summed E-state index contributed by atoms with van der Waals surface area (Å²) in [6.45, 7) is 8.30. The van der Waals surface area contributed by atoms with Gasteiger partial charge in [-0.1, -0.05) is 38.8 Å². The van der Waals surface area contributed by atoms with E-state index in [-0.39, 0.29) is 0 Å². The van der Waals surface area contributed by atoms with Crippen LogP contribution in [0.4, 0.5) is 0 Å². The van der Waals surface area contributed by atoms with Crippen LogP contribution >= 0.6 is 0 Å². The van der Waals surface area contributed by atoms with Gasteiger partial charge < -0.3 is 0 Å². The van der Waals surface area contributed by atoms with Crippen LogP contribution in [0, 0.1) is 11.8 Å². The first-order valence-electron chi connectivity index (χ1n) is 7.30. The average Bonchev–Trinajstić information content (AvgIpc) is 2.30. The lowest BCUT2D eigenvalue weighted by Gasteiger charge is -2.26. The molecule has 1 aliphatic carbocycles. The minimum atomic E-state index is -2.84. The van der Waals surface area contributed by atoms with E-state index in [4.69, 9.17) is 0 Å². The van der Waals surface area contributed by atoms with Crippen LogP contribution in [-0.4, -0.2) is 19.9 Å². The summed E-state index contributed by atoms with van der Waals surface area (Å²) < 4.78 is 23.3. The highest BCUT2D eigenvalue weighted by Gasteiger charge is 2.19. The van der Waals surface area contributed by atoms with E-state index in [1.807, 2.05) is 6.92 Å². The molecule has 0 saturated heterocycles. The summed E-state index contributed by atoms with van der Waals surface area (Å²) in [5.74, 6) is 2.24. The van der Waals surface area contributed by atoms with Crippen molar-refractivity contribution in [1.29, 1.82) is 0 Å². The molecule has 1 fully saturated rings. The summed E-state index contributed by atoms with van der Waals surface area (Å²) in [6.07, 6.45) is 7.65. The van der Waals surface area contributed by atoms with Crippen molar-refractivity contribution >= 4 is 9.84 Å². The van der Waals surface area contributed by atoms with Crippen molar-refractivity contribution in [3.05, 3.63) is 12.2 Å². The highest BCUT2D eigenvalue weighted by Crippen LogP contribution is 2.32. The Balaban J connectivity index is 2.25. The van der Waals surface area contributed by atoms with Gasteiger partial charge in [-0.15, -0.1) is 0 Å². The maximum Gasteiger partial charge on any atom is 0.150 e. The van der Waals surface area contributed by atoms with Crippen LogP contribution < -0.4 is 0 Å². The van der Waals surface area contributed by atoms with Gasteiger partial charge in [0.2, 0.25) is 0 Å². The summed E-state index contributed by atoms with van der Waals surface area (Å²) >= 11 is 0. The Morgan fingerprint density at radius 1 is 1.17 bits per heavy atom. The van der Waals surface area contributed by atoms with Crippen molar-refractivity contribution in [2.75, 3.05) is 11.5 Å². The molecule has 0 unspecified atom stereocenters. The summed E-state index contributed by atoms with van der Waals surface area (Å²) in [7, 11) is -2.84. The van der Waals surface area contributed by atoms with E-state index in [1.165, 1.54) is 25.7 Å². The second-order valence-electron chi connectivity index (χ2n) is 5.98. The van der Waals surface area contributed by atoms with Crippen LogP contribution in [0.3, 0.4) is 0 Å². The fourth-order valence-electron chi connectivity index (χ4n) is 2.76. The fourth-order valence-corrected chi connectivity index (χ4v) is 4.18. The minimum Gasteiger partial charge on any atom is -0.229 e. The molecule has 1 aliphatic rings. The van der Waals surface area contributed by atoms with Gasteiger partial charge in [-0.05, 0) is 43.9 Å². The summed E-state index contributed by atoms with van der Waals surface area (Å²) in [4.78, 5) is 0. The van der Waals surface area contributed by atoms with Crippen molar-refractivity contribution in [1.82, 2.24) is 0 Å². The van der Waals surface area contributed by atoms with Crippen molar-refractivity contribution in [2.45, 2.75) is 58.8 Å². The van der Waals surface area contributed by atoms with Crippen LogP contribution in [-0.2, 0) is 9.84 Å². The molecule has 0 aliphatic heterocycles. The van der Waals surface area contributed by atoms with Crippen molar-refractivity contribution in [2.24, 2.45) is 11.8 Å². The predicted molar refractivity (Wildman–Crippen MR) is 78.4 cm³/mol. The Labute approximate surface area is 113 Å². The van der Waals surface area contributed by atoms with Gasteiger partial charge in [-0.25, -0.2) is 8.42 Å². The number of hydrogen-bond donors (Lipinski definition) is 0. The molecule has 0 aromatic carbocycles. The van der Waals surface area contributed by atoms with Crippen molar-refractivity contribution in [3.63, 3.8) is 0 Å². The minimum absolute atomic E-state index is 0.294. The number of hydrogen-bond acceptors (Lipinski definition) is 2. The van der Waals surface area contributed by atoms with Gasteiger partial charge in [0.1, 0.15) is 0 Å². The Kier molecular flexibility index (Phi) is 6.40. The van der Waals surface area contributed by atoms with Crippen LogP contribution in [0.2, 0.25) is 0 Å². The van der Waals surface area contributed by atoms with Crippen molar-refractivity contribution in [3.8, 4) is 0 Å². The molecule has 0 N–H and O–H groups in total. The molecule has 0 amide bonds. The molecule has 0 atom stereocenters. The van der Waals surface area contributed by atoms with Gasteiger partial charge in [0.25, 0.3) is 0 Å². The molecule has 0 aromatic rings. The molecular formula is C15H28O2S. The largest absolute Gasteiger partial charge is 0.229 e. The van der Waals surface area contributed by atoms with E-state index >= 15 is 0 Å². The Hall–Kier alpha value is -0.310. The fraction of sp³-hybridized carbons (Fsp3) is 0.867. The van der Waals surface area contributed by atoms with E-state index in [0.29, 0.717) is 17.9 Å². The lowest BCUT2D eigenvalue weighted by molar-refractivity contribution is 0.287. The molecule has 0 aromatic heterocycles. The first kappa shape index (κ1) is 15.7.